The van der Waals surface area contributed by atoms with Crippen LogP contribution in [0.1, 0.15) is 26.2 Å². The highest BCUT2D eigenvalue weighted by Gasteiger charge is 2.25. The van der Waals surface area contributed by atoms with Gasteiger partial charge in [0.05, 0.1) is 12.6 Å². The molecule has 0 spiro atoms. The van der Waals surface area contributed by atoms with Gasteiger partial charge in [-0.2, -0.15) is 0 Å². The number of Topliss-reactive ketones (excluding diaryl/α,β-unsaturated/α-hetero) is 1. The second kappa shape index (κ2) is 4.58. The lowest BCUT2D eigenvalue weighted by molar-refractivity contribution is -0.128. The van der Waals surface area contributed by atoms with Gasteiger partial charge in [-0.25, -0.2) is 0 Å². The van der Waals surface area contributed by atoms with E-state index in [1.165, 1.54) is 0 Å². The van der Waals surface area contributed by atoms with Crippen LogP contribution in [0.25, 0.3) is 0 Å². The Morgan fingerprint density at radius 3 is 3.00 bits per heavy atom. The van der Waals surface area contributed by atoms with Gasteiger partial charge in [-0.1, -0.05) is 6.92 Å². The predicted octanol–water partition coefficient (Wildman–Crippen LogP) is 0.719. The molecule has 1 aliphatic heterocycles. The second-order valence-electron chi connectivity index (χ2n) is 3.33. The quantitative estimate of drug-likeness (QED) is 0.680. The van der Waals surface area contributed by atoms with E-state index in [2.05, 4.69) is 0 Å². The summed E-state index contributed by atoms with van der Waals surface area (Å²) in [7, 11) is 0. The minimum absolute atomic E-state index is 0.0636. The van der Waals surface area contributed by atoms with E-state index < -0.39 is 0 Å². The molecule has 70 valence electrons. The molecule has 1 saturated heterocycles. The third-order valence-electron chi connectivity index (χ3n) is 2.37. The second-order valence-corrected chi connectivity index (χ2v) is 3.33. The average Bonchev–Trinajstić information content (AvgIpc) is 2.17. The van der Waals surface area contributed by atoms with E-state index in [1.54, 1.807) is 0 Å². The molecular formula is C9H17NO2. The summed E-state index contributed by atoms with van der Waals surface area (Å²) in [6.07, 6.45) is 2.68. The van der Waals surface area contributed by atoms with Crippen LogP contribution in [0.15, 0.2) is 0 Å². The largest absolute Gasteiger partial charge is 0.381 e. The van der Waals surface area contributed by atoms with Crippen molar-refractivity contribution in [1.82, 2.24) is 0 Å². The Balaban J connectivity index is 2.39. The molecule has 2 unspecified atom stereocenters. The zero-order valence-corrected chi connectivity index (χ0v) is 7.58. The Morgan fingerprint density at radius 1 is 1.75 bits per heavy atom. The fourth-order valence-electron chi connectivity index (χ4n) is 1.47. The molecule has 0 amide bonds. The number of ketones is 1. The lowest BCUT2D eigenvalue weighted by atomic mass is 9.92. The minimum atomic E-state index is -0.281. The van der Waals surface area contributed by atoms with Crippen LogP contribution in [-0.2, 0) is 9.53 Å². The number of nitrogens with two attached hydrogens (primary N) is 1. The molecule has 1 rings (SSSR count). The molecule has 12 heavy (non-hydrogen) atoms. The van der Waals surface area contributed by atoms with Crippen molar-refractivity contribution in [3.8, 4) is 0 Å². The number of hydrogen-bond donors (Lipinski definition) is 1. The molecule has 1 fully saturated rings. The summed E-state index contributed by atoms with van der Waals surface area (Å²) < 4.78 is 5.22. The van der Waals surface area contributed by atoms with Crippen LogP contribution in [0.2, 0.25) is 0 Å². The van der Waals surface area contributed by atoms with E-state index in [0.29, 0.717) is 6.61 Å². The Bertz CT molecular complexity index is 153. The highest BCUT2D eigenvalue weighted by atomic mass is 16.5. The van der Waals surface area contributed by atoms with Crippen LogP contribution in [0.4, 0.5) is 0 Å². The summed E-state index contributed by atoms with van der Waals surface area (Å²) in [4.78, 5) is 11.5. The van der Waals surface area contributed by atoms with Gasteiger partial charge < -0.3 is 10.5 Å². The number of carbonyl (C=O) groups excluding carboxylic acids is 1. The van der Waals surface area contributed by atoms with E-state index in [9.17, 15) is 4.79 Å². The monoisotopic (exact) mass is 171 g/mol. The molecule has 1 aliphatic rings. The Hall–Kier alpha value is -0.410. The van der Waals surface area contributed by atoms with Crippen LogP contribution < -0.4 is 5.73 Å². The third kappa shape index (κ3) is 2.29. The molecule has 0 saturated carbocycles. The van der Waals surface area contributed by atoms with E-state index >= 15 is 0 Å². The molecule has 0 aromatic rings. The molecule has 2 N–H and O–H groups in total. The van der Waals surface area contributed by atoms with Gasteiger partial charge in [-0.05, 0) is 19.3 Å². The predicted molar refractivity (Wildman–Crippen MR) is 46.8 cm³/mol. The molecule has 0 bridgehead atoms. The van der Waals surface area contributed by atoms with Crippen molar-refractivity contribution in [2.75, 3.05) is 13.2 Å². The van der Waals surface area contributed by atoms with E-state index in [0.717, 1.165) is 25.9 Å². The van der Waals surface area contributed by atoms with Gasteiger partial charge in [0.1, 0.15) is 0 Å². The molecule has 0 radical (unpaired) electrons. The van der Waals surface area contributed by atoms with Gasteiger partial charge in [0, 0.05) is 12.5 Å². The summed E-state index contributed by atoms with van der Waals surface area (Å²) in [6.45, 7) is 3.31. The van der Waals surface area contributed by atoms with Gasteiger partial charge in [-0.3, -0.25) is 4.79 Å². The highest BCUT2D eigenvalue weighted by Crippen LogP contribution is 2.16. The van der Waals surface area contributed by atoms with Crippen LogP contribution in [0, 0.1) is 5.92 Å². The van der Waals surface area contributed by atoms with Gasteiger partial charge in [-0.15, -0.1) is 0 Å². The maximum Gasteiger partial charge on any atom is 0.154 e. The number of hydrogen-bond acceptors (Lipinski definition) is 3. The Morgan fingerprint density at radius 2 is 2.50 bits per heavy atom. The van der Waals surface area contributed by atoms with Gasteiger partial charge >= 0.3 is 0 Å². The smallest absolute Gasteiger partial charge is 0.154 e. The van der Waals surface area contributed by atoms with Crippen LogP contribution in [0.5, 0.6) is 0 Å². The van der Waals surface area contributed by atoms with E-state index in [-0.39, 0.29) is 17.7 Å². The number of rotatable bonds is 3. The van der Waals surface area contributed by atoms with Crippen LogP contribution >= 0.6 is 0 Å². The third-order valence-corrected chi connectivity index (χ3v) is 2.37. The van der Waals surface area contributed by atoms with Gasteiger partial charge in [0.25, 0.3) is 0 Å². The van der Waals surface area contributed by atoms with Crippen molar-refractivity contribution in [1.29, 1.82) is 0 Å². The highest BCUT2D eigenvalue weighted by molar-refractivity contribution is 5.86. The zero-order chi connectivity index (χ0) is 8.97. The molecule has 1 heterocycles. The summed E-state index contributed by atoms with van der Waals surface area (Å²) in [5.74, 6) is 0.242. The van der Waals surface area contributed by atoms with Crippen molar-refractivity contribution in [3.63, 3.8) is 0 Å². The van der Waals surface area contributed by atoms with E-state index in [4.69, 9.17) is 10.5 Å². The van der Waals surface area contributed by atoms with Crippen molar-refractivity contribution in [2.45, 2.75) is 32.2 Å². The van der Waals surface area contributed by atoms with Crippen molar-refractivity contribution >= 4 is 5.78 Å². The molecule has 0 aromatic heterocycles. The average molecular weight is 171 g/mol. The summed E-state index contributed by atoms with van der Waals surface area (Å²) >= 11 is 0. The van der Waals surface area contributed by atoms with Gasteiger partial charge in [0.2, 0.25) is 0 Å². The maximum absolute atomic E-state index is 11.5. The lowest BCUT2D eigenvalue weighted by Crippen LogP contribution is -2.38. The molecule has 0 aliphatic carbocycles. The normalized spacial score (nSPS) is 26.7. The number of ether oxygens (including phenoxy) is 1. The van der Waals surface area contributed by atoms with Crippen LogP contribution in [0.3, 0.4) is 0 Å². The maximum atomic E-state index is 11.5. The SMILES string of the molecule is CCC(N)C(=O)C1CCCOC1. The fourth-order valence-corrected chi connectivity index (χ4v) is 1.47. The summed E-state index contributed by atoms with van der Waals surface area (Å²) in [6, 6.07) is -0.281. The fraction of sp³-hybridized carbons (Fsp3) is 0.889. The first-order chi connectivity index (χ1) is 5.75. The van der Waals surface area contributed by atoms with Crippen molar-refractivity contribution in [3.05, 3.63) is 0 Å². The van der Waals surface area contributed by atoms with Crippen molar-refractivity contribution in [2.24, 2.45) is 11.7 Å². The zero-order valence-electron chi connectivity index (χ0n) is 7.58. The Kier molecular flexibility index (Phi) is 3.69. The standard InChI is InChI=1S/C9H17NO2/c1-2-8(10)9(11)7-4-3-5-12-6-7/h7-8H,2-6,10H2,1H3. The first-order valence-corrected chi connectivity index (χ1v) is 4.62. The molecule has 2 atom stereocenters. The topological polar surface area (TPSA) is 52.3 Å². The molecule has 3 nitrogen and oxygen atoms in total. The minimum Gasteiger partial charge on any atom is -0.381 e. The summed E-state index contributed by atoms with van der Waals surface area (Å²) in [5.41, 5.74) is 5.64. The molecule has 3 heteroatoms. The first-order valence-electron chi connectivity index (χ1n) is 4.62. The summed E-state index contributed by atoms with van der Waals surface area (Å²) in [5, 5.41) is 0. The van der Waals surface area contributed by atoms with Gasteiger partial charge in [0.15, 0.2) is 5.78 Å². The van der Waals surface area contributed by atoms with E-state index in [1.807, 2.05) is 6.92 Å². The molecular weight excluding hydrogens is 154 g/mol. The number of carbonyl (C=O) groups is 1. The van der Waals surface area contributed by atoms with Crippen molar-refractivity contribution < 1.29 is 9.53 Å². The van der Waals surface area contributed by atoms with Crippen LogP contribution in [-0.4, -0.2) is 25.0 Å². The molecule has 0 aromatic carbocycles. The Labute approximate surface area is 73.3 Å². The first kappa shape index (κ1) is 9.68. The lowest BCUT2D eigenvalue weighted by Gasteiger charge is -2.22.